The lowest BCUT2D eigenvalue weighted by molar-refractivity contribution is 0.794. The Morgan fingerprint density at radius 2 is 0.606 bits per heavy atom. The summed E-state index contributed by atoms with van der Waals surface area (Å²) in [7, 11) is 0. The summed E-state index contributed by atoms with van der Waals surface area (Å²) in [5.74, 6) is 1.88. The molecule has 0 aliphatic heterocycles. The summed E-state index contributed by atoms with van der Waals surface area (Å²) in [6.07, 6.45) is 0. The highest BCUT2D eigenvalue weighted by Crippen LogP contribution is 2.64. The zero-order chi connectivity index (χ0) is 46.9. The summed E-state index contributed by atoms with van der Waals surface area (Å²) in [4.78, 5) is 15.4. The summed E-state index contributed by atoms with van der Waals surface area (Å²) in [5.41, 5.74) is 22.0. The molecule has 14 rings (SSSR count). The van der Waals surface area contributed by atoms with E-state index in [4.69, 9.17) is 15.0 Å². The SMILES string of the molecule is c1ccc(-c2cccc(-c3nc(-c4ccccc4)nc(-c4cccc(-c5cccc(-c6cc7c(cc6-c6cccc8ccccc68)-c6ccccc6C76c7ccccc7-c7ccccc76)c5)c4)n3)c2)cc1. The van der Waals surface area contributed by atoms with Crippen molar-refractivity contribution in [2.24, 2.45) is 0 Å². The normalized spacial score (nSPS) is 12.6. The largest absolute Gasteiger partial charge is 0.208 e. The molecular weight excluding hydrogens is 859 g/mol. The number of hydrogen-bond donors (Lipinski definition) is 0. The fourth-order valence-electron chi connectivity index (χ4n) is 11.6. The second kappa shape index (κ2) is 16.4. The number of rotatable bonds is 7. The Morgan fingerprint density at radius 1 is 0.211 bits per heavy atom. The van der Waals surface area contributed by atoms with Gasteiger partial charge in [-0.2, -0.15) is 0 Å². The van der Waals surface area contributed by atoms with E-state index in [-0.39, 0.29) is 0 Å². The average Bonchev–Trinajstić information content (AvgIpc) is 3.92. The molecule has 0 unspecified atom stereocenters. The van der Waals surface area contributed by atoms with Gasteiger partial charge in [0.05, 0.1) is 5.41 Å². The summed E-state index contributed by atoms with van der Waals surface area (Å²) in [5, 5.41) is 2.45. The second-order valence-corrected chi connectivity index (χ2v) is 18.6. The zero-order valence-electron chi connectivity index (χ0n) is 38.7. The predicted octanol–water partition coefficient (Wildman–Crippen LogP) is 17.0. The van der Waals surface area contributed by atoms with Crippen molar-refractivity contribution in [2.75, 3.05) is 0 Å². The van der Waals surface area contributed by atoms with Gasteiger partial charge in [-0.25, -0.2) is 15.0 Å². The standard InChI is InChI=1S/C68H43N3/c1-3-19-44(20-4-1)47-25-16-29-51(40-47)66-69-65(46-22-5-2-6-23-46)70-67(71-66)52-30-17-27-49(41-52)48-26-15-28-50(39-48)58-43-64-60(42-59(58)54-35-18-24-45-21-7-8-31-53(45)54)57-34-11-14-38-63(57)68(64)61-36-12-9-32-55(61)56-33-10-13-37-62(56)68/h1-43H. The molecule has 0 atom stereocenters. The number of fused-ring (bicyclic) bond motifs is 11. The predicted molar refractivity (Wildman–Crippen MR) is 292 cm³/mol. The Hall–Kier alpha value is -9.31. The van der Waals surface area contributed by atoms with Gasteiger partial charge in [-0.3, -0.25) is 0 Å². The minimum absolute atomic E-state index is 0.470. The molecule has 71 heavy (non-hydrogen) atoms. The minimum Gasteiger partial charge on any atom is -0.208 e. The van der Waals surface area contributed by atoms with Crippen molar-refractivity contribution in [2.45, 2.75) is 5.41 Å². The Morgan fingerprint density at radius 3 is 1.21 bits per heavy atom. The summed E-state index contributed by atoms with van der Waals surface area (Å²) in [6.45, 7) is 0. The lowest BCUT2D eigenvalue weighted by atomic mass is 9.70. The summed E-state index contributed by atoms with van der Waals surface area (Å²) < 4.78 is 0. The molecule has 3 heteroatoms. The van der Waals surface area contributed by atoms with E-state index >= 15 is 0 Å². The molecule has 2 aliphatic carbocycles. The summed E-state index contributed by atoms with van der Waals surface area (Å²) in [6, 6.07) is 94.5. The molecule has 2 aliphatic rings. The van der Waals surface area contributed by atoms with Gasteiger partial charge in [-0.05, 0) is 130 Å². The van der Waals surface area contributed by atoms with Crippen LogP contribution in [0.1, 0.15) is 22.3 Å². The van der Waals surface area contributed by atoms with E-state index in [1.165, 1.54) is 72.0 Å². The first-order valence-electron chi connectivity index (χ1n) is 24.3. The molecule has 1 spiro atoms. The van der Waals surface area contributed by atoms with Crippen molar-refractivity contribution >= 4 is 10.8 Å². The van der Waals surface area contributed by atoms with Gasteiger partial charge in [0.1, 0.15) is 0 Å². The quantitative estimate of drug-likeness (QED) is 0.160. The van der Waals surface area contributed by atoms with Crippen LogP contribution >= 0.6 is 0 Å². The first kappa shape index (κ1) is 40.7. The van der Waals surface area contributed by atoms with E-state index in [0.717, 1.165) is 44.5 Å². The van der Waals surface area contributed by atoms with E-state index in [2.05, 4.69) is 237 Å². The monoisotopic (exact) mass is 901 g/mol. The van der Waals surface area contributed by atoms with Gasteiger partial charge in [-0.1, -0.05) is 231 Å². The van der Waals surface area contributed by atoms with Gasteiger partial charge in [0.15, 0.2) is 17.5 Å². The van der Waals surface area contributed by atoms with Crippen molar-refractivity contribution < 1.29 is 0 Å². The summed E-state index contributed by atoms with van der Waals surface area (Å²) >= 11 is 0. The van der Waals surface area contributed by atoms with Crippen LogP contribution in [0, 0.1) is 0 Å². The molecular formula is C68H43N3. The number of nitrogens with zero attached hydrogens (tertiary/aromatic N) is 3. The molecule has 0 saturated heterocycles. The molecule has 1 aromatic heterocycles. The molecule has 0 N–H and O–H groups in total. The zero-order valence-corrected chi connectivity index (χ0v) is 38.7. The third-order valence-corrected chi connectivity index (χ3v) is 14.7. The fraction of sp³-hybridized carbons (Fsp3) is 0.0147. The molecule has 0 radical (unpaired) electrons. The van der Waals surface area contributed by atoms with Crippen molar-refractivity contribution in [3.63, 3.8) is 0 Å². The molecule has 0 saturated carbocycles. The molecule has 11 aromatic carbocycles. The maximum Gasteiger partial charge on any atom is 0.164 e. The van der Waals surface area contributed by atoms with E-state index in [0.29, 0.717) is 17.5 Å². The highest BCUT2D eigenvalue weighted by molar-refractivity contribution is 6.04. The average molecular weight is 902 g/mol. The molecule has 0 bridgehead atoms. The molecule has 0 fully saturated rings. The van der Waals surface area contributed by atoms with Gasteiger partial charge in [-0.15, -0.1) is 0 Å². The van der Waals surface area contributed by atoms with Crippen LogP contribution in [0.15, 0.2) is 261 Å². The fourth-order valence-corrected chi connectivity index (χ4v) is 11.6. The van der Waals surface area contributed by atoms with Gasteiger partial charge in [0, 0.05) is 16.7 Å². The Kier molecular flexibility index (Phi) is 9.43. The van der Waals surface area contributed by atoms with Gasteiger partial charge in [0.25, 0.3) is 0 Å². The Labute approximate surface area is 413 Å². The van der Waals surface area contributed by atoms with Crippen molar-refractivity contribution in [1.29, 1.82) is 0 Å². The van der Waals surface area contributed by atoms with Gasteiger partial charge < -0.3 is 0 Å². The highest BCUT2D eigenvalue weighted by atomic mass is 15.0. The Balaban J connectivity index is 0.947. The maximum atomic E-state index is 5.20. The van der Waals surface area contributed by atoms with E-state index in [9.17, 15) is 0 Å². The third-order valence-electron chi connectivity index (χ3n) is 14.7. The van der Waals surface area contributed by atoms with E-state index in [1.807, 2.05) is 24.3 Å². The van der Waals surface area contributed by atoms with E-state index < -0.39 is 5.41 Å². The smallest absolute Gasteiger partial charge is 0.164 e. The van der Waals surface area contributed by atoms with Crippen LogP contribution in [0.3, 0.4) is 0 Å². The minimum atomic E-state index is -0.470. The molecule has 0 amide bonds. The van der Waals surface area contributed by atoms with Gasteiger partial charge >= 0.3 is 0 Å². The molecule has 12 aromatic rings. The van der Waals surface area contributed by atoms with Crippen LogP contribution in [0.2, 0.25) is 0 Å². The third kappa shape index (κ3) is 6.55. The van der Waals surface area contributed by atoms with Crippen molar-refractivity contribution in [3.05, 3.63) is 283 Å². The molecule has 330 valence electrons. The van der Waals surface area contributed by atoms with Gasteiger partial charge in [0.2, 0.25) is 0 Å². The number of aromatic nitrogens is 3. The highest BCUT2D eigenvalue weighted by Gasteiger charge is 2.51. The maximum absolute atomic E-state index is 5.20. The van der Waals surface area contributed by atoms with Crippen LogP contribution in [0.4, 0.5) is 0 Å². The Bertz CT molecular complexity index is 4010. The van der Waals surface area contributed by atoms with Crippen molar-refractivity contribution in [1.82, 2.24) is 15.0 Å². The lowest BCUT2D eigenvalue weighted by Crippen LogP contribution is -2.25. The first-order chi connectivity index (χ1) is 35.2. The van der Waals surface area contributed by atoms with E-state index in [1.54, 1.807) is 0 Å². The number of benzene rings is 11. The van der Waals surface area contributed by atoms with Crippen molar-refractivity contribution in [3.8, 4) is 101 Å². The van der Waals surface area contributed by atoms with Crippen LogP contribution in [0.25, 0.3) is 112 Å². The molecule has 1 heterocycles. The van der Waals surface area contributed by atoms with Crippen LogP contribution < -0.4 is 0 Å². The van der Waals surface area contributed by atoms with Crippen LogP contribution in [-0.2, 0) is 5.41 Å². The number of hydrogen-bond acceptors (Lipinski definition) is 3. The first-order valence-corrected chi connectivity index (χ1v) is 24.3. The molecule has 3 nitrogen and oxygen atoms in total. The lowest BCUT2D eigenvalue weighted by Gasteiger charge is -2.31. The van der Waals surface area contributed by atoms with Crippen LogP contribution in [0.5, 0.6) is 0 Å². The van der Waals surface area contributed by atoms with Crippen LogP contribution in [-0.4, -0.2) is 15.0 Å². The topological polar surface area (TPSA) is 38.7 Å². The second-order valence-electron chi connectivity index (χ2n) is 18.6.